The highest BCUT2D eigenvalue weighted by Crippen LogP contribution is 2.00. The second-order valence-electron chi connectivity index (χ2n) is 3.57. The lowest BCUT2D eigenvalue weighted by molar-refractivity contribution is 0.0951. The van der Waals surface area contributed by atoms with Gasteiger partial charge < -0.3 is 5.32 Å². The summed E-state index contributed by atoms with van der Waals surface area (Å²) in [5.41, 5.74) is 1.66. The largest absolute Gasteiger partial charge is 0.348 e. The molecule has 4 nitrogen and oxygen atoms in total. The second kappa shape index (κ2) is 4.61. The average Bonchev–Trinajstić information content (AvgIpc) is 2.74. The van der Waals surface area contributed by atoms with Crippen molar-refractivity contribution in [3.63, 3.8) is 0 Å². The molecule has 2 rings (SSSR count). The number of carbonyl (C=O) groups is 1. The molecule has 0 aliphatic carbocycles. The van der Waals surface area contributed by atoms with Crippen LogP contribution in [0, 0.1) is 0 Å². The summed E-state index contributed by atoms with van der Waals surface area (Å²) < 4.78 is 1.61. The highest BCUT2D eigenvalue weighted by atomic mass is 16.1. The summed E-state index contributed by atoms with van der Waals surface area (Å²) in [4.78, 5) is 11.7. The Kier molecular flexibility index (Phi) is 3.00. The zero-order valence-electron chi connectivity index (χ0n) is 9.05. The molecule has 82 valence electrons. The van der Waals surface area contributed by atoms with Gasteiger partial charge in [-0.15, -0.1) is 0 Å². The molecule has 0 spiro atoms. The molecule has 0 radical (unpaired) electrons. The Morgan fingerprint density at radius 2 is 2.12 bits per heavy atom. The van der Waals surface area contributed by atoms with Crippen LogP contribution < -0.4 is 5.32 Å². The minimum Gasteiger partial charge on any atom is -0.348 e. The number of amides is 1. The van der Waals surface area contributed by atoms with Gasteiger partial charge in [0.25, 0.3) is 5.91 Å². The number of benzene rings is 1. The molecule has 1 aromatic heterocycles. The van der Waals surface area contributed by atoms with Crippen molar-refractivity contribution >= 4 is 5.91 Å². The number of carbonyl (C=O) groups excluding carboxylic acids is 1. The number of nitrogens with zero attached hydrogens (tertiary/aromatic N) is 2. The molecule has 1 N–H and O–H groups in total. The van der Waals surface area contributed by atoms with Crippen LogP contribution in [-0.4, -0.2) is 15.7 Å². The number of rotatable bonds is 3. The molecule has 0 fully saturated rings. The van der Waals surface area contributed by atoms with Gasteiger partial charge in [0.2, 0.25) is 0 Å². The first kappa shape index (κ1) is 10.4. The number of aryl methyl sites for hydroxylation is 1. The van der Waals surface area contributed by atoms with E-state index in [0.29, 0.717) is 12.1 Å². The van der Waals surface area contributed by atoms with Crippen molar-refractivity contribution in [2.45, 2.75) is 6.54 Å². The summed E-state index contributed by atoms with van der Waals surface area (Å²) in [5, 5.41) is 6.78. The number of hydrogen-bond acceptors (Lipinski definition) is 2. The van der Waals surface area contributed by atoms with E-state index in [-0.39, 0.29) is 5.91 Å². The summed E-state index contributed by atoms with van der Waals surface area (Å²) in [7, 11) is 1.79. The van der Waals surface area contributed by atoms with Gasteiger partial charge in [-0.25, -0.2) is 0 Å². The zero-order valence-corrected chi connectivity index (χ0v) is 9.05. The van der Waals surface area contributed by atoms with E-state index in [9.17, 15) is 4.79 Å². The first-order valence-corrected chi connectivity index (χ1v) is 5.06. The molecule has 0 bridgehead atoms. The first-order chi connectivity index (χ1) is 7.75. The molecule has 0 unspecified atom stereocenters. The van der Waals surface area contributed by atoms with Crippen LogP contribution in [0.25, 0.3) is 0 Å². The number of aromatic nitrogens is 2. The van der Waals surface area contributed by atoms with Crippen LogP contribution in [0.1, 0.15) is 15.9 Å². The van der Waals surface area contributed by atoms with Crippen molar-refractivity contribution in [3.8, 4) is 0 Å². The predicted octanol–water partition coefficient (Wildman–Crippen LogP) is 1.35. The molecule has 1 aromatic carbocycles. The Balaban J connectivity index is 1.94. The SMILES string of the molecule is Cn1cc(C(=O)NCc2ccccc2)cn1. The summed E-state index contributed by atoms with van der Waals surface area (Å²) >= 11 is 0. The van der Waals surface area contributed by atoms with E-state index in [1.807, 2.05) is 30.3 Å². The third kappa shape index (κ3) is 2.48. The molecular formula is C12H13N3O. The minimum atomic E-state index is -0.100. The van der Waals surface area contributed by atoms with Gasteiger partial charge in [-0.05, 0) is 5.56 Å². The number of nitrogens with one attached hydrogen (secondary N) is 1. The van der Waals surface area contributed by atoms with Crippen molar-refractivity contribution in [1.29, 1.82) is 0 Å². The van der Waals surface area contributed by atoms with Crippen LogP contribution in [0.4, 0.5) is 0 Å². The van der Waals surface area contributed by atoms with E-state index in [2.05, 4.69) is 10.4 Å². The van der Waals surface area contributed by atoms with E-state index in [1.54, 1.807) is 24.1 Å². The predicted molar refractivity (Wildman–Crippen MR) is 60.8 cm³/mol. The maximum Gasteiger partial charge on any atom is 0.254 e. The van der Waals surface area contributed by atoms with Gasteiger partial charge in [-0.2, -0.15) is 5.10 Å². The fourth-order valence-corrected chi connectivity index (χ4v) is 1.42. The van der Waals surface area contributed by atoms with Crippen LogP contribution in [0.3, 0.4) is 0 Å². The van der Waals surface area contributed by atoms with Gasteiger partial charge in [-0.3, -0.25) is 9.48 Å². The molecule has 2 aromatic rings. The van der Waals surface area contributed by atoms with Crippen molar-refractivity contribution < 1.29 is 4.79 Å². The lowest BCUT2D eigenvalue weighted by Gasteiger charge is -2.02. The van der Waals surface area contributed by atoms with E-state index >= 15 is 0 Å². The Morgan fingerprint density at radius 3 is 2.75 bits per heavy atom. The molecule has 0 saturated carbocycles. The highest BCUT2D eigenvalue weighted by molar-refractivity contribution is 5.93. The monoisotopic (exact) mass is 215 g/mol. The van der Waals surface area contributed by atoms with Gasteiger partial charge in [0.05, 0.1) is 11.8 Å². The summed E-state index contributed by atoms with van der Waals surface area (Å²) in [6.07, 6.45) is 3.25. The van der Waals surface area contributed by atoms with Crippen molar-refractivity contribution in [2.24, 2.45) is 7.05 Å². The number of hydrogen-bond donors (Lipinski definition) is 1. The smallest absolute Gasteiger partial charge is 0.254 e. The van der Waals surface area contributed by atoms with E-state index in [0.717, 1.165) is 5.56 Å². The lowest BCUT2D eigenvalue weighted by atomic mass is 10.2. The fraction of sp³-hybridized carbons (Fsp3) is 0.167. The molecule has 1 amide bonds. The Hall–Kier alpha value is -2.10. The zero-order chi connectivity index (χ0) is 11.4. The van der Waals surface area contributed by atoms with Crippen LogP contribution in [0.15, 0.2) is 42.7 Å². The Labute approximate surface area is 93.9 Å². The summed E-state index contributed by atoms with van der Waals surface area (Å²) in [6.45, 7) is 0.536. The topological polar surface area (TPSA) is 46.9 Å². The van der Waals surface area contributed by atoms with Crippen LogP contribution in [-0.2, 0) is 13.6 Å². The van der Waals surface area contributed by atoms with E-state index in [4.69, 9.17) is 0 Å². The average molecular weight is 215 g/mol. The molecule has 0 aliphatic rings. The van der Waals surface area contributed by atoms with Gasteiger partial charge in [-0.1, -0.05) is 30.3 Å². The van der Waals surface area contributed by atoms with Crippen molar-refractivity contribution in [3.05, 3.63) is 53.9 Å². The van der Waals surface area contributed by atoms with E-state index in [1.165, 1.54) is 0 Å². The molecule has 0 atom stereocenters. The molecule has 0 aliphatic heterocycles. The van der Waals surface area contributed by atoms with Gasteiger partial charge in [0, 0.05) is 19.8 Å². The van der Waals surface area contributed by atoms with Crippen LogP contribution in [0.2, 0.25) is 0 Å². The Bertz CT molecular complexity index is 476. The molecule has 4 heteroatoms. The fourth-order valence-electron chi connectivity index (χ4n) is 1.42. The Morgan fingerprint density at radius 1 is 1.38 bits per heavy atom. The van der Waals surface area contributed by atoms with Gasteiger partial charge >= 0.3 is 0 Å². The first-order valence-electron chi connectivity index (χ1n) is 5.06. The van der Waals surface area contributed by atoms with Crippen molar-refractivity contribution in [2.75, 3.05) is 0 Å². The lowest BCUT2D eigenvalue weighted by Crippen LogP contribution is -2.22. The second-order valence-corrected chi connectivity index (χ2v) is 3.57. The van der Waals surface area contributed by atoms with Gasteiger partial charge in [0.1, 0.15) is 0 Å². The molecular weight excluding hydrogens is 202 g/mol. The standard InChI is InChI=1S/C12H13N3O/c1-15-9-11(8-14-15)12(16)13-7-10-5-3-2-4-6-10/h2-6,8-9H,7H2,1H3,(H,13,16). The molecule has 16 heavy (non-hydrogen) atoms. The summed E-state index contributed by atoms with van der Waals surface area (Å²) in [5.74, 6) is -0.100. The maximum atomic E-state index is 11.7. The van der Waals surface area contributed by atoms with Crippen LogP contribution in [0.5, 0.6) is 0 Å². The van der Waals surface area contributed by atoms with Gasteiger partial charge in [0.15, 0.2) is 0 Å². The third-order valence-corrected chi connectivity index (χ3v) is 2.26. The quantitative estimate of drug-likeness (QED) is 0.840. The maximum absolute atomic E-state index is 11.7. The van der Waals surface area contributed by atoms with Crippen molar-refractivity contribution in [1.82, 2.24) is 15.1 Å². The molecule has 0 saturated heterocycles. The molecule has 1 heterocycles. The van der Waals surface area contributed by atoms with E-state index < -0.39 is 0 Å². The van der Waals surface area contributed by atoms with Crippen LogP contribution >= 0.6 is 0 Å². The summed E-state index contributed by atoms with van der Waals surface area (Å²) in [6, 6.07) is 9.80. The minimum absolute atomic E-state index is 0.100. The normalized spacial score (nSPS) is 10.1. The third-order valence-electron chi connectivity index (χ3n) is 2.26. The highest BCUT2D eigenvalue weighted by Gasteiger charge is 2.06.